The van der Waals surface area contributed by atoms with E-state index in [1.54, 1.807) is 7.11 Å². The van der Waals surface area contributed by atoms with Gasteiger partial charge in [0.15, 0.2) is 0 Å². The highest BCUT2D eigenvalue weighted by Crippen LogP contribution is 2.46. The van der Waals surface area contributed by atoms with Crippen molar-refractivity contribution >= 4 is 34.2 Å². The number of ether oxygens (including phenoxy) is 1. The van der Waals surface area contributed by atoms with E-state index in [9.17, 15) is 4.79 Å². The van der Waals surface area contributed by atoms with E-state index in [2.05, 4.69) is 18.3 Å². The van der Waals surface area contributed by atoms with Gasteiger partial charge in [-0.05, 0) is 73.7 Å². The molecule has 6 heteroatoms. The Labute approximate surface area is 193 Å². The number of nitrogens with zero attached hydrogens (tertiary/aromatic N) is 2. The van der Waals surface area contributed by atoms with E-state index in [4.69, 9.17) is 21.3 Å². The summed E-state index contributed by atoms with van der Waals surface area (Å²) in [4.78, 5) is 20.4. The van der Waals surface area contributed by atoms with Crippen LogP contribution in [0.15, 0.2) is 48.5 Å². The quantitative estimate of drug-likeness (QED) is 0.571. The molecule has 32 heavy (non-hydrogen) atoms. The summed E-state index contributed by atoms with van der Waals surface area (Å²) >= 11 is 6.07. The first-order valence-corrected chi connectivity index (χ1v) is 11.6. The molecule has 1 aliphatic heterocycles. The molecule has 2 aromatic carbocycles. The Morgan fingerprint density at radius 2 is 1.97 bits per heavy atom. The van der Waals surface area contributed by atoms with E-state index >= 15 is 0 Å². The lowest BCUT2D eigenvalue weighted by atomic mass is 9.63. The number of methoxy groups -OCH3 is 1. The monoisotopic (exact) mass is 449 g/mol. The number of pyridine rings is 1. The Morgan fingerprint density at radius 3 is 2.66 bits per heavy atom. The maximum atomic E-state index is 13.6. The standard InChI is InChI=1S/C26H28ClN3O2/c1-17-14-24(29-23-9-8-21(32-2)15-22(17)23)28-20-10-13-30(16-20)25(31)26(11-3-12-26)18-4-6-19(27)7-5-18/h4-9,14-15,20H,3,10-13,16H2,1-2H3,(H,28,29). The Morgan fingerprint density at radius 1 is 1.19 bits per heavy atom. The van der Waals surface area contributed by atoms with E-state index in [-0.39, 0.29) is 17.4 Å². The van der Waals surface area contributed by atoms with Crippen LogP contribution in [0.25, 0.3) is 10.9 Å². The third-order valence-corrected chi connectivity index (χ3v) is 7.32. The molecule has 1 aliphatic carbocycles. The SMILES string of the molecule is COc1ccc2nc(NC3CCN(C(=O)C4(c5ccc(Cl)cc5)CCC4)C3)cc(C)c2c1. The van der Waals surface area contributed by atoms with E-state index in [0.29, 0.717) is 11.6 Å². The molecule has 3 aromatic rings. The van der Waals surface area contributed by atoms with Crippen molar-refractivity contribution in [2.24, 2.45) is 0 Å². The average molecular weight is 450 g/mol. The summed E-state index contributed by atoms with van der Waals surface area (Å²) < 4.78 is 5.34. The zero-order valence-electron chi connectivity index (χ0n) is 18.5. The predicted octanol–water partition coefficient (Wildman–Crippen LogP) is 5.34. The van der Waals surface area contributed by atoms with Crippen LogP contribution in [-0.2, 0) is 10.2 Å². The van der Waals surface area contributed by atoms with E-state index in [1.807, 2.05) is 47.4 Å². The summed E-state index contributed by atoms with van der Waals surface area (Å²) in [5.41, 5.74) is 2.81. The molecule has 5 nitrogen and oxygen atoms in total. The molecule has 0 spiro atoms. The highest BCUT2D eigenvalue weighted by atomic mass is 35.5. The molecule has 0 bridgehead atoms. The lowest BCUT2D eigenvalue weighted by molar-refractivity contribution is -0.139. The van der Waals surface area contributed by atoms with E-state index < -0.39 is 0 Å². The fourth-order valence-corrected chi connectivity index (χ4v) is 5.20. The van der Waals surface area contributed by atoms with Gasteiger partial charge in [-0.1, -0.05) is 30.2 Å². The van der Waals surface area contributed by atoms with Gasteiger partial charge in [-0.25, -0.2) is 4.98 Å². The van der Waals surface area contributed by atoms with Crippen molar-refractivity contribution in [3.05, 3.63) is 64.7 Å². The molecular formula is C26H28ClN3O2. The molecule has 1 amide bonds. The van der Waals surface area contributed by atoms with Crippen molar-refractivity contribution in [1.82, 2.24) is 9.88 Å². The first kappa shape index (κ1) is 21.1. The van der Waals surface area contributed by atoms with E-state index in [0.717, 1.165) is 65.8 Å². The van der Waals surface area contributed by atoms with Crippen LogP contribution in [0.1, 0.15) is 36.8 Å². The van der Waals surface area contributed by atoms with Gasteiger partial charge in [0.2, 0.25) is 5.91 Å². The van der Waals surface area contributed by atoms with Crippen molar-refractivity contribution in [2.45, 2.75) is 44.1 Å². The number of benzene rings is 2. The lowest BCUT2D eigenvalue weighted by Crippen LogP contribution is -2.50. The second kappa shape index (κ2) is 8.28. The van der Waals surface area contributed by atoms with Gasteiger partial charge in [0.05, 0.1) is 18.0 Å². The maximum absolute atomic E-state index is 13.6. The molecule has 1 saturated carbocycles. The van der Waals surface area contributed by atoms with Gasteiger partial charge in [-0.15, -0.1) is 0 Å². The first-order valence-electron chi connectivity index (χ1n) is 11.3. The van der Waals surface area contributed by atoms with Gasteiger partial charge >= 0.3 is 0 Å². The summed E-state index contributed by atoms with van der Waals surface area (Å²) in [5.74, 6) is 1.94. The number of nitrogens with one attached hydrogen (secondary N) is 1. The zero-order chi connectivity index (χ0) is 22.3. The highest BCUT2D eigenvalue weighted by molar-refractivity contribution is 6.30. The van der Waals surface area contributed by atoms with Crippen molar-refractivity contribution in [3.63, 3.8) is 0 Å². The Kier molecular flexibility index (Phi) is 5.46. The number of carbonyl (C=O) groups is 1. The third kappa shape index (κ3) is 3.69. The topological polar surface area (TPSA) is 54.5 Å². The fourth-order valence-electron chi connectivity index (χ4n) is 5.07. The number of hydrogen-bond acceptors (Lipinski definition) is 4. The smallest absolute Gasteiger partial charge is 0.233 e. The minimum atomic E-state index is -0.379. The van der Waals surface area contributed by atoms with Gasteiger partial charge in [0.1, 0.15) is 11.6 Å². The third-order valence-electron chi connectivity index (χ3n) is 7.06. The predicted molar refractivity (Wildman–Crippen MR) is 129 cm³/mol. The Bertz CT molecular complexity index is 1160. The second-order valence-corrected chi connectivity index (χ2v) is 9.47. The van der Waals surface area contributed by atoms with Crippen LogP contribution in [0.4, 0.5) is 5.82 Å². The minimum Gasteiger partial charge on any atom is -0.497 e. The number of rotatable bonds is 5. The van der Waals surface area contributed by atoms with Gasteiger partial charge < -0.3 is 15.0 Å². The molecule has 5 rings (SSSR count). The van der Waals surface area contributed by atoms with Crippen LogP contribution >= 0.6 is 11.6 Å². The zero-order valence-corrected chi connectivity index (χ0v) is 19.3. The number of likely N-dealkylation sites (tertiary alicyclic amines) is 1. The van der Waals surface area contributed by atoms with Crippen LogP contribution in [0.3, 0.4) is 0 Å². The molecular weight excluding hydrogens is 422 g/mol. The molecule has 1 aromatic heterocycles. The normalized spacial score (nSPS) is 19.6. The molecule has 2 heterocycles. The molecule has 1 atom stereocenters. The van der Waals surface area contributed by atoms with Crippen molar-refractivity contribution < 1.29 is 9.53 Å². The van der Waals surface area contributed by atoms with Gasteiger partial charge in [0.25, 0.3) is 0 Å². The number of amides is 1. The van der Waals surface area contributed by atoms with Gasteiger partial charge in [0, 0.05) is 29.5 Å². The van der Waals surface area contributed by atoms with Crippen LogP contribution in [-0.4, -0.2) is 42.0 Å². The minimum absolute atomic E-state index is 0.198. The molecule has 166 valence electrons. The maximum Gasteiger partial charge on any atom is 0.233 e. The number of hydrogen-bond donors (Lipinski definition) is 1. The Balaban J connectivity index is 1.30. The number of anilines is 1. The Hall–Kier alpha value is -2.79. The number of aryl methyl sites for hydroxylation is 1. The second-order valence-electron chi connectivity index (χ2n) is 9.03. The number of aromatic nitrogens is 1. The lowest BCUT2D eigenvalue weighted by Gasteiger charge is -2.43. The van der Waals surface area contributed by atoms with E-state index in [1.165, 1.54) is 0 Å². The van der Waals surface area contributed by atoms with Crippen LogP contribution in [0, 0.1) is 6.92 Å². The van der Waals surface area contributed by atoms with Crippen LogP contribution < -0.4 is 10.1 Å². The van der Waals surface area contributed by atoms with Crippen molar-refractivity contribution in [2.75, 3.05) is 25.5 Å². The number of carbonyl (C=O) groups excluding carboxylic acids is 1. The first-order chi connectivity index (χ1) is 15.5. The number of fused-ring (bicyclic) bond motifs is 1. The van der Waals surface area contributed by atoms with Crippen LogP contribution in [0.5, 0.6) is 5.75 Å². The largest absolute Gasteiger partial charge is 0.497 e. The molecule has 2 fully saturated rings. The summed E-state index contributed by atoms with van der Waals surface area (Å²) in [6.07, 6.45) is 3.84. The van der Waals surface area contributed by atoms with Crippen LogP contribution in [0.2, 0.25) is 5.02 Å². The fraction of sp³-hybridized carbons (Fsp3) is 0.385. The summed E-state index contributed by atoms with van der Waals surface area (Å²) in [6.45, 7) is 3.57. The summed E-state index contributed by atoms with van der Waals surface area (Å²) in [6, 6.07) is 16.0. The highest BCUT2D eigenvalue weighted by Gasteiger charge is 2.48. The molecule has 1 unspecified atom stereocenters. The number of halogens is 1. The van der Waals surface area contributed by atoms with Crippen molar-refractivity contribution in [3.8, 4) is 5.75 Å². The molecule has 2 aliphatic rings. The summed E-state index contributed by atoms with van der Waals surface area (Å²) in [5, 5.41) is 5.37. The van der Waals surface area contributed by atoms with Gasteiger partial charge in [-0.2, -0.15) is 0 Å². The molecule has 1 N–H and O–H groups in total. The van der Waals surface area contributed by atoms with Crippen molar-refractivity contribution in [1.29, 1.82) is 0 Å². The summed E-state index contributed by atoms with van der Waals surface area (Å²) in [7, 11) is 1.67. The molecule has 1 saturated heterocycles. The molecule has 0 radical (unpaired) electrons. The average Bonchev–Trinajstić information content (AvgIpc) is 3.22. The van der Waals surface area contributed by atoms with Gasteiger partial charge in [-0.3, -0.25) is 4.79 Å².